The third kappa shape index (κ3) is 18.3. The number of alkyl halides is 10. The van der Waals surface area contributed by atoms with Crippen molar-refractivity contribution in [2.24, 2.45) is 0 Å². The van der Waals surface area contributed by atoms with E-state index in [-0.39, 0.29) is 82.0 Å². The maximum absolute atomic E-state index is 14.3. The lowest BCUT2D eigenvalue weighted by molar-refractivity contribution is -0.146. The largest absolute Gasteiger partial charge is 0.495 e. The molecule has 0 N–H and O–H groups in total. The number of carbonyl (C=O) groups is 2. The summed E-state index contributed by atoms with van der Waals surface area (Å²) in [5, 5.41) is 0. The number of halogens is 11. The van der Waals surface area contributed by atoms with Crippen molar-refractivity contribution in [3.8, 4) is 68.4 Å². The molecule has 0 unspecified atom stereocenters. The Bertz CT molecular complexity index is 5880. The highest BCUT2D eigenvalue weighted by atomic mass is 79.9. The number of likely N-dealkylation sites (tertiary alicyclic amines) is 4. The molecule has 0 aliphatic carbocycles. The van der Waals surface area contributed by atoms with E-state index in [2.05, 4.69) is 35.7 Å². The first-order valence-electron chi connectivity index (χ1n) is 40.4. The van der Waals surface area contributed by atoms with E-state index in [1.807, 2.05) is 120 Å². The van der Waals surface area contributed by atoms with Gasteiger partial charge in [-0.05, 0) is 263 Å². The lowest BCUT2D eigenvalue weighted by Crippen LogP contribution is -2.41. The van der Waals surface area contributed by atoms with Gasteiger partial charge in [0.2, 0.25) is 23.6 Å². The third-order valence-electron chi connectivity index (χ3n) is 23.9. The Morgan fingerprint density at radius 1 is 0.467 bits per heavy atom. The summed E-state index contributed by atoms with van der Waals surface area (Å²) in [6, 6.07) is 33.3. The summed E-state index contributed by atoms with van der Waals surface area (Å²) in [4.78, 5) is 51.1. The van der Waals surface area contributed by atoms with Gasteiger partial charge in [0.1, 0.15) is 56.8 Å². The number of hydrogen-bond acceptors (Lipinski definition) is 20. The molecule has 5 saturated heterocycles. The first kappa shape index (κ1) is 86.7. The fourth-order valence-electron chi connectivity index (χ4n) is 16.8. The number of esters is 2. The molecule has 642 valence electrons. The van der Waals surface area contributed by atoms with Crippen LogP contribution in [0.15, 0.2) is 143 Å². The number of methoxy groups -OCH3 is 2. The van der Waals surface area contributed by atoms with E-state index in [0.29, 0.717) is 100 Å². The zero-order valence-corrected chi connectivity index (χ0v) is 70.4. The first-order chi connectivity index (χ1) is 58.1. The van der Waals surface area contributed by atoms with Crippen LogP contribution in [0.2, 0.25) is 0 Å². The number of benzene rings is 8. The Labute approximate surface area is 705 Å². The van der Waals surface area contributed by atoms with Gasteiger partial charge in [0.05, 0.1) is 25.4 Å². The van der Waals surface area contributed by atoms with Crippen LogP contribution >= 0.6 is 15.9 Å². The molecule has 5 fully saturated rings. The molecule has 0 radical (unpaired) electrons. The van der Waals surface area contributed by atoms with Gasteiger partial charge in [0, 0.05) is 76.2 Å². The van der Waals surface area contributed by atoms with Gasteiger partial charge in [-0.15, -0.1) is 0 Å². The van der Waals surface area contributed by atoms with Crippen LogP contribution in [0.5, 0.6) is 11.5 Å². The molecule has 32 heteroatoms. The minimum Gasteiger partial charge on any atom is -0.468 e. The van der Waals surface area contributed by atoms with E-state index >= 15 is 0 Å². The summed E-state index contributed by atoms with van der Waals surface area (Å²) in [7, 11) is 2.11. The fourth-order valence-corrected chi connectivity index (χ4v) is 17.2. The number of ether oxygens (including phenoxy) is 4. The predicted molar refractivity (Wildman–Crippen MR) is 442 cm³/mol. The van der Waals surface area contributed by atoms with Crippen molar-refractivity contribution in [2.45, 2.75) is 182 Å². The molecule has 8 aromatic carbocycles. The second-order valence-electron chi connectivity index (χ2n) is 32.4. The van der Waals surface area contributed by atoms with E-state index in [1.54, 1.807) is 42.5 Å². The summed E-state index contributed by atoms with van der Waals surface area (Å²) < 4.78 is 194. The van der Waals surface area contributed by atoms with Crippen LogP contribution in [-0.2, 0) is 66.9 Å². The highest BCUT2D eigenvalue weighted by Crippen LogP contribution is 2.46. The molecule has 20 nitrogen and oxygen atoms in total. The van der Waals surface area contributed by atoms with E-state index in [9.17, 15) is 53.5 Å². The molecule has 17 rings (SSSR count). The SMILES string of the molecule is COC(=O)[C@@H]1CCCN1Cc1cc2nc(-c3cccc(-c4cccc(-c5nc6cc(CN7CCCC7)cc(C(F)(F)F)c6o5)c4C)c3C)oc2cc1OC(F)F.COC(=O)[C@@H]1CCCN1Cc1cc2nc(-c3cccc(B4OC(C)(C)C(C)(C)O4)c3C)oc2cc1OC(F)F.Cc1c(Br)cccc1-c1nc2cc(CN3CCCC3)cc(C(F)(F)F)c2o1. The number of fused-ring (bicyclic) bond motifs is 4. The maximum atomic E-state index is 14.3. The summed E-state index contributed by atoms with van der Waals surface area (Å²) in [6.07, 6.45) is -2.10. The van der Waals surface area contributed by atoms with Crippen LogP contribution in [0, 0.1) is 27.7 Å². The average molecular weight is 1760 g/mol. The zero-order valence-electron chi connectivity index (χ0n) is 68.8. The van der Waals surface area contributed by atoms with Crippen LogP contribution in [-0.4, -0.2) is 149 Å². The van der Waals surface area contributed by atoms with Crippen LogP contribution in [0.1, 0.15) is 135 Å². The molecule has 0 bridgehead atoms. The Morgan fingerprint density at radius 2 is 0.836 bits per heavy atom. The highest BCUT2D eigenvalue weighted by molar-refractivity contribution is 9.10. The predicted octanol–water partition coefficient (Wildman–Crippen LogP) is 21.0. The van der Waals surface area contributed by atoms with Crippen LogP contribution in [0.3, 0.4) is 0 Å². The zero-order chi connectivity index (χ0) is 86.6. The molecule has 2 atom stereocenters. The van der Waals surface area contributed by atoms with Crippen LogP contribution in [0.4, 0.5) is 43.9 Å². The van der Waals surface area contributed by atoms with E-state index in [1.165, 1.54) is 38.5 Å². The topological polar surface area (TPSA) is 207 Å². The first-order valence-corrected chi connectivity index (χ1v) is 41.2. The van der Waals surface area contributed by atoms with Crippen molar-refractivity contribution < 1.29 is 99.4 Å². The van der Waals surface area contributed by atoms with Crippen LogP contribution in [0.25, 0.3) is 101 Å². The summed E-state index contributed by atoms with van der Waals surface area (Å²) >= 11 is 3.44. The average Bonchev–Trinajstić information content (AvgIpc) is 1.60. The molecular weight excluding hydrogens is 1670 g/mol. The number of nitrogens with zero attached hydrogens (tertiary/aromatic N) is 8. The highest BCUT2D eigenvalue weighted by Gasteiger charge is 2.52. The van der Waals surface area contributed by atoms with Gasteiger partial charge in [-0.1, -0.05) is 58.4 Å². The second-order valence-corrected chi connectivity index (χ2v) is 33.3. The minimum atomic E-state index is -4.63. The second kappa shape index (κ2) is 35.2. The lowest BCUT2D eigenvalue weighted by atomic mass is 9.75. The van der Waals surface area contributed by atoms with E-state index in [4.69, 9.17) is 55.9 Å². The Morgan fingerprint density at radius 3 is 1.24 bits per heavy atom. The molecule has 5 aliphatic rings. The molecule has 0 amide bonds. The van der Waals surface area contributed by atoms with Gasteiger partial charge in [-0.25, -0.2) is 19.9 Å². The molecule has 122 heavy (non-hydrogen) atoms. The number of hydrogen-bond donors (Lipinski definition) is 0. The van der Waals surface area contributed by atoms with E-state index < -0.39 is 67.1 Å². The minimum absolute atomic E-state index is 0.0154. The van der Waals surface area contributed by atoms with Gasteiger partial charge in [-0.3, -0.25) is 29.2 Å². The summed E-state index contributed by atoms with van der Waals surface area (Å²) in [5.41, 5.74) is 9.21. The summed E-state index contributed by atoms with van der Waals surface area (Å²) in [6.45, 7) is 15.5. The van der Waals surface area contributed by atoms with Crippen molar-refractivity contribution in [3.05, 3.63) is 181 Å². The lowest BCUT2D eigenvalue weighted by Gasteiger charge is -2.32. The van der Waals surface area contributed by atoms with Gasteiger partial charge in [-0.2, -0.15) is 43.9 Å². The smallest absolute Gasteiger partial charge is 0.468 e. The molecular formula is C90H90BBrF10N8O12. The number of aromatic nitrogens is 4. The normalized spacial score (nSPS) is 17.8. The Hall–Kier alpha value is -10.2. The number of rotatable bonds is 20. The molecule has 0 saturated carbocycles. The molecule has 4 aromatic heterocycles. The van der Waals surface area contributed by atoms with Gasteiger partial charge in [0.15, 0.2) is 22.3 Å². The van der Waals surface area contributed by atoms with Crippen LogP contribution < -0.4 is 14.9 Å². The molecule has 0 spiro atoms. The van der Waals surface area contributed by atoms with Crippen molar-refractivity contribution >= 4 is 84.8 Å². The third-order valence-corrected chi connectivity index (χ3v) is 24.8. The van der Waals surface area contributed by atoms with Gasteiger partial charge >= 0.3 is 44.6 Å². The van der Waals surface area contributed by atoms with Crippen molar-refractivity contribution in [3.63, 3.8) is 0 Å². The Balaban J connectivity index is 0.000000152. The van der Waals surface area contributed by atoms with Gasteiger partial charge in [0.25, 0.3) is 0 Å². The van der Waals surface area contributed by atoms with Crippen molar-refractivity contribution in [1.29, 1.82) is 0 Å². The quantitative estimate of drug-likeness (QED) is 0.0395. The fraction of sp³-hybridized carbons (Fsp3) is 0.400. The molecule has 12 aromatic rings. The molecule has 5 aliphatic heterocycles. The van der Waals surface area contributed by atoms with E-state index in [0.717, 1.165) is 114 Å². The number of oxazole rings is 4. The monoisotopic (exact) mass is 1750 g/mol. The van der Waals surface area contributed by atoms with Gasteiger partial charge < -0.3 is 45.9 Å². The van der Waals surface area contributed by atoms with Crippen molar-refractivity contribution in [1.82, 2.24) is 39.5 Å². The number of carbonyl (C=O) groups excluding carboxylic acids is 2. The van der Waals surface area contributed by atoms with Crippen molar-refractivity contribution in [2.75, 3.05) is 53.5 Å². The Kier molecular flexibility index (Phi) is 25.0. The standard InChI is InChI=1S/C42H39F5N4O5.C28H33BF2N2O6.C20H18BrF3N2O/c1-23-27(28-10-7-12-30(24(28)2)39-49-33-18-25(21-50-14-4-5-15-50)17-31(37(33)56-39)42(45,46)47)9-6-11-29(23)38-48-32-19-26(35(55-41(43)44)20-36(32)54-38)22-51-16-8-13-34(51)40(52)53-3;1-16-18(9-7-10-19(16)29-38-27(2,3)28(4,5)39-29)24-32-20-13-17(22(37-26(30)31)14-23(20)36-24)15-33-12-8-11-21(33)25(34)35-6;1-12-14(5-4-6-16(12)21)19-25-17-10-13(11-26-7-2-3-8-26)9-15(18(17)27-19)20(22,23)24/h6-7,9-12,17-20,34,41H,4-5,8,13-16,21-22H2,1-3H3;7,9-10,13-14,21,26H,8,11-12,15H2,1-6H3;4-6,9-10H,2-3,7-8,11H2,1H3/t34-;21-;/m00./s1. The maximum Gasteiger partial charge on any atom is 0.495 e. The molecule has 9 heterocycles. The summed E-state index contributed by atoms with van der Waals surface area (Å²) in [5.74, 6) is 0.0661.